The highest BCUT2D eigenvalue weighted by molar-refractivity contribution is 7.89. The van der Waals surface area contributed by atoms with E-state index >= 15 is 0 Å². The monoisotopic (exact) mass is 364 g/mol. The van der Waals surface area contributed by atoms with Crippen LogP contribution in [0.25, 0.3) is 0 Å². The van der Waals surface area contributed by atoms with Crippen molar-refractivity contribution in [3.8, 4) is 5.75 Å². The second kappa shape index (κ2) is 6.85. The van der Waals surface area contributed by atoms with Gasteiger partial charge in [0.15, 0.2) is 0 Å². The summed E-state index contributed by atoms with van der Waals surface area (Å²) in [5.74, 6) is 0.473. The number of carbonyl (C=O) groups is 1. The van der Waals surface area contributed by atoms with Crippen LogP contribution in [-0.2, 0) is 17.1 Å². The summed E-state index contributed by atoms with van der Waals surface area (Å²) in [6.07, 6.45) is 3.17. The molecule has 0 radical (unpaired) electrons. The number of amides is 1. The molecule has 0 unspecified atom stereocenters. The molecular formula is C16H20N4O4S. The molecule has 0 bridgehead atoms. The van der Waals surface area contributed by atoms with Gasteiger partial charge in [-0.1, -0.05) is 0 Å². The number of methoxy groups -OCH3 is 1. The SMILES string of the molecule is COc1ccc(S(=O)(=O)N2CCN(C(=O)c3cnn(C)c3)CC2)cc1. The number of carbonyl (C=O) groups excluding carboxylic acids is 1. The van der Waals surface area contributed by atoms with Gasteiger partial charge in [-0.05, 0) is 24.3 Å². The average Bonchev–Trinajstić information content (AvgIpc) is 3.07. The molecule has 1 saturated heterocycles. The lowest BCUT2D eigenvalue weighted by molar-refractivity contribution is 0.0698. The molecule has 3 rings (SSSR count). The van der Waals surface area contributed by atoms with Crippen LogP contribution in [0.3, 0.4) is 0 Å². The molecule has 1 amide bonds. The molecule has 0 N–H and O–H groups in total. The summed E-state index contributed by atoms with van der Waals surface area (Å²) in [5, 5.41) is 3.99. The highest BCUT2D eigenvalue weighted by atomic mass is 32.2. The molecule has 9 heteroatoms. The van der Waals surface area contributed by atoms with Crippen molar-refractivity contribution in [2.24, 2.45) is 7.05 Å². The van der Waals surface area contributed by atoms with E-state index in [-0.39, 0.29) is 23.9 Å². The number of piperazine rings is 1. The van der Waals surface area contributed by atoms with Crippen LogP contribution in [0.1, 0.15) is 10.4 Å². The van der Waals surface area contributed by atoms with Crippen molar-refractivity contribution in [1.82, 2.24) is 19.0 Å². The first kappa shape index (κ1) is 17.4. The van der Waals surface area contributed by atoms with E-state index in [4.69, 9.17) is 4.74 Å². The van der Waals surface area contributed by atoms with Crippen molar-refractivity contribution in [2.45, 2.75) is 4.90 Å². The van der Waals surface area contributed by atoms with Gasteiger partial charge in [0.25, 0.3) is 5.91 Å². The normalized spacial score (nSPS) is 16.0. The third kappa shape index (κ3) is 3.52. The van der Waals surface area contributed by atoms with E-state index in [0.717, 1.165) is 0 Å². The fraction of sp³-hybridized carbons (Fsp3) is 0.375. The Morgan fingerprint density at radius 1 is 1.12 bits per heavy atom. The fourth-order valence-electron chi connectivity index (χ4n) is 2.74. The van der Waals surface area contributed by atoms with Crippen LogP contribution in [0.4, 0.5) is 0 Å². The van der Waals surface area contributed by atoms with Crippen molar-refractivity contribution in [3.63, 3.8) is 0 Å². The van der Waals surface area contributed by atoms with Crippen molar-refractivity contribution in [1.29, 1.82) is 0 Å². The zero-order valence-electron chi connectivity index (χ0n) is 14.1. The Morgan fingerprint density at radius 2 is 1.76 bits per heavy atom. The molecule has 2 aromatic rings. The predicted octanol–water partition coefficient (Wildman–Crippen LogP) is 0.575. The zero-order chi connectivity index (χ0) is 18.0. The Morgan fingerprint density at radius 3 is 2.28 bits per heavy atom. The number of sulfonamides is 1. The quantitative estimate of drug-likeness (QED) is 0.792. The number of aryl methyl sites for hydroxylation is 1. The van der Waals surface area contributed by atoms with Crippen molar-refractivity contribution >= 4 is 15.9 Å². The van der Waals surface area contributed by atoms with Crippen LogP contribution in [0.5, 0.6) is 5.75 Å². The smallest absolute Gasteiger partial charge is 0.257 e. The van der Waals surface area contributed by atoms with Crippen LogP contribution < -0.4 is 4.74 Å². The molecule has 2 heterocycles. The van der Waals surface area contributed by atoms with E-state index in [0.29, 0.717) is 24.4 Å². The summed E-state index contributed by atoms with van der Waals surface area (Å²) < 4.78 is 33.4. The van der Waals surface area contributed by atoms with Gasteiger partial charge in [0.2, 0.25) is 10.0 Å². The number of nitrogens with zero attached hydrogens (tertiary/aromatic N) is 4. The van der Waals surface area contributed by atoms with Crippen molar-refractivity contribution in [2.75, 3.05) is 33.3 Å². The molecule has 1 fully saturated rings. The van der Waals surface area contributed by atoms with Crippen molar-refractivity contribution < 1.29 is 17.9 Å². The average molecular weight is 364 g/mol. The maximum atomic E-state index is 12.7. The summed E-state index contributed by atoms with van der Waals surface area (Å²) >= 11 is 0. The van der Waals surface area contributed by atoms with Crippen LogP contribution in [-0.4, -0.2) is 66.6 Å². The molecule has 1 aromatic heterocycles. The first-order valence-electron chi connectivity index (χ1n) is 7.84. The topological polar surface area (TPSA) is 84.7 Å². The molecule has 1 aromatic carbocycles. The molecule has 0 atom stereocenters. The predicted molar refractivity (Wildman–Crippen MR) is 90.9 cm³/mol. The summed E-state index contributed by atoms with van der Waals surface area (Å²) in [6, 6.07) is 6.30. The number of hydrogen-bond donors (Lipinski definition) is 0. The fourth-order valence-corrected chi connectivity index (χ4v) is 4.16. The van der Waals surface area contributed by atoms with E-state index in [1.165, 1.54) is 29.7 Å². The van der Waals surface area contributed by atoms with Gasteiger partial charge in [-0.25, -0.2) is 8.42 Å². The third-order valence-corrected chi connectivity index (χ3v) is 6.09. The van der Waals surface area contributed by atoms with Crippen molar-refractivity contribution in [3.05, 3.63) is 42.2 Å². The summed E-state index contributed by atoms with van der Waals surface area (Å²) in [7, 11) is -0.297. The Hall–Kier alpha value is -2.39. The Bertz CT molecular complexity index is 853. The number of ether oxygens (including phenoxy) is 1. The number of hydrogen-bond acceptors (Lipinski definition) is 5. The largest absolute Gasteiger partial charge is 0.497 e. The molecule has 8 nitrogen and oxygen atoms in total. The second-order valence-electron chi connectivity index (χ2n) is 5.77. The molecule has 134 valence electrons. The van der Waals surface area contributed by atoms with Gasteiger partial charge >= 0.3 is 0 Å². The van der Waals surface area contributed by atoms with Gasteiger partial charge in [0.05, 0.1) is 23.8 Å². The van der Waals surface area contributed by atoms with Gasteiger partial charge in [0.1, 0.15) is 5.75 Å². The van der Waals surface area contributed by atoms with Gasteiger partial charge in [-0.3, -0.25) is 9.48 Å². The lowest BCUT2D eigenvalue weighted by Crippen LogP contribution is -2.50. The van der Waals surface area contributed by atoms with Gasteiger partial charge in [-0.15, -0.1) is 0 Å². The first-order valence-corrected chi connectivity index (χ1v) is 9.28. The van der Waals surface area contributed by atoms with E-state index in [1.54, 1.807) is 35.0 Å². The van der Waals surface area contributed by atoms with Gasteiger partial charge in [0, 0.05) is 39.4 Å². The Kier molecular flexibility index (Phi) is 4.78. The molecule has 0 saturated carbocycles. The standard InChI is InChI=1S/C16H20N4O4S/c1-18-12-13(11-17-18)16(21)19-7-9-20(10-8-19)25(22,23)15-5-3-14(24-2)4-6-15/h3-6,11-12H,7-10H2,1-2H3. The summed E-state index contributed by atoms with van der Waals surface area (Å²) in [6.45, 7) is 1.23. The van der Waals surface area contributed by atoms with Crippen LogP contribution in [0, 0.1) is 0 Å². The molecule has 1 aliphatic rings. The third-order valence-electron chi connectivity index (χ3n) is 4.17. The van der Waals surface area contributed by atoms with Crippen LogP contribution >= 0.6 is 0 Å². The molecule has 0 spiro atoms. The highest BCUT2D eigenvalue weighted by Crippen LogP contribution is 2.21. The van der Waals surface area contributed by atoms with Gasteiger partial charge < -0.3 is 9.64 Å². The summed E-state index contributed by atoms with van der Waals surface area (Å²) in [5.41, 5.74) is 0.508. The van der Waals surface area contributed by atoms with E-state index < -0.39 is 10.0 Å². The Labute approximate surface area is 146 Å². The lowest BCUT2D eigenvalue weighted by Gasteiger charge is -2.33. The molecule has 1 aliphatic heterocycles. The Balaban J connectivity index is 1.67. The summed E-state index contributed by atoms with van der Waals surface area (Å²) in [4.78, 5) is 14.3. The first-order chi connectivity index (χ1) is 11.9. The minimum Gasteiger partial charge on any atom is -0.497 e. The van der Waals surface area contributed by atoms with Gasteiger partial charge in [-0.2, -0.15) is 9.40 Å². The molecule has 25 heavy (non-hydrogen) atoms. The maximum Gasteiger partial charge on any atom is 0.257 e. The zero-order valence-corrected chi connectivity index (χ0v) is 14.9. The van der Waals surface area contributed by atoms with E-state index in [1.807, 2.05) is 0 Å². The minimum absolute atomic E-state index is 0.130. The van der Waals surface area contributed by atoms with E-state index in [9.17, 15) is 13.2 Å². The lowest BCUT2D eigenvalue weighted by atomic mass is 10.2. The number of aromatic nitrogens is 2. The number of benzene rings is 1. The minimum atomic E-state index is -3.57. The molecular weight excluding hydrogens is 344 g/mol. The van der Waals surface area contributed by atoms with Crippen LogP contribution in [0.2, 0.25) is 0 Å². The second-order valence-corrected chi connectivity index (χ2v) is 7.71. The maximum absolute atomic E-state index is 12.7. The van der Waals surface area contributed by atoms with E-state index in [2.05, 4.69) is 5.10 Å². The number of rotatable bonds is 4. The highest BCUT2D eigenvalue weighted by Gasteiger charge is 2.30. The molecule has 0 aliphatic carbocycles. The van der Waals surface area contributed by atoms with Crippen LogP contribution in [0.15, 0.2) is 41.6 Å².